The van der Waals surface area contributed by atoms with Crippen LogP contribution in [0, 0.1) is 0 Å². The molecule has 3 amide bonds. The highest BCUT2D eigenvalue weighted by molar-refractivity contribution is 7.89. The summed E-state index contributed by atoms with van der Waals surface area (Å²) in [4.78, 5) is 38.6. The number of nitrogens with one attached hydrogen (secondary N) is 1. The van der Waals surface area contributed by atoms with Gasteiger partial charge in [0, 0.05) is 26.1 Å². The molecule has 0 bridgehead atoms. The number of benzene rings is 2. The van der Waals surface area contributed by atoms with Crippen molar-refractivity contribution in [2.75, 3.05) is 32.1 Å². The van der Waals surface area contributed by atoms with Gasteiger partial charge >= 0.3 is 0 Å². The smallest absolute Gasteiger partial charge is 0.261 e. The van der Waals surface area contributed by atoms with Crippen LogP contribution in [0.4, 0.5) is 5.69 Å². The molecule has 0 unspecified atom stereocenters. The van der Waals surface area contributed by atoms with E-state index in [2.05, 4.69) is 5.32 Å². The van der Waals surface area contributed by atoms with E-state index in [0.29, 0.717) is 30.0 Å². The van der Waals surface area contributed by atoms with Gasteiger partial charge < -0.3 is 10.1 Å². The minimum Gasteiger partial charge on any atom is -0.495 e. The van der Waals surface area contributed by atoms with Crippen LogP contribution in [0.25, 0.3) is 0 Å². The fourth-order valence-electron chi connectivity index (χ4n) is 3.71. The topological polar surface area (TPSA) is 113 Å². The van der Waals surface area contributed by atoms with E-state index in [1.54, 1.807) is 38.1 Å². The van der Waals surface area contributed by atoms with Crippen LogP contribution in [0.5, 0.6) is 5.75 Å². The third-order valence-corrected chi connectivity index (χ3v) is 7.50. The fourth-order valence-corrected chi connectivity index (χ4v) is 5.20. The number of amides is 3. The minimum absolute atomic E-state index is 0.0313. The maximum atomic E-state index is 12.8. The predicted octanol–water partition coefficient (Wildman–Crippen LogP) is 2.74. The van der Waals surface area contributed by atoms with Gasteiger partial charge in [0.25, 0.3) is 11.8 Å². The van der Waals surface area contributed by atoms with Crippen molar-refractivity contribution in [1.82, 2.24) is 9.21 Å². The molecule has 1 aliphatic heterocycles. The van der Waals surface area contributed by atoms with Gasteiger partial charge in [0.2, 0.25) is 15.9 Å². The Hall–Kier alpha value is -3.24. The van der Waals surface area contributed by atoms with Gasteiger partial charge in [-0.05, 0) is 36.8 Å². The summed E-state index contributed by atoms with van der Waals surface area (Å²) in [5.41, 5.74) is 0.960. The first kappa shape index (κ1) is 24.4. The zero-order valence-electron chi connectivity index (χ0n) is 18.8. The maximum absolute atomic E-state index is 12.8. The van der Waals surface area contributed by atoms with Crippen molar-refractivity contribution in [3.05, 3.63) is 53.6 Å². The SMILES string of the molecule is CCN(CC)S(=O)(=O)c1ccc(OC)c(NC(=O)CCCN2C(=O)c3ccccc3C2=O)c1. The summed E-state index contributed by atoms with van der Waals surface area (Å²) in [5.74, 6) is -0.802. The predicted molar refractivity (Wildman–Crippen MR) is 123 cm³/mol. The highest BCUT2D eigenvalue weighted by Crippen LogP contribution is 2.29. The monoisotopic (exact) mass is 473 g/mol. The van der Waals surface area contributed by atoms with E-state index in [1.165, 1.54) is 29.6 Å². The summed E-state index contributed by atoms with van der Waals surface area (Å²) in [5, 5.41) is 2.68. The molecule has 3 rings (SSSR count). The summed E-state index contributed by atoms with van der Waals surface area (Å²) in [6.07, 6.45) is 0.292. The van der Waals surface area contributed by atoms with E-state index in [0.717, 1.165) is 4.90 Å². The molecule has 1 heterocycles. The molecule has 2 aromatic carbocycles. The number of hydrogen-bond donors (Lipinski definition) is 1. The number of methoxy groups -OCH3 is 1. The van der Waals surface area contributed by atoms with Gasteiger partial charge in [0.1, 0.15) is 5.75 Å². The van der Waals surface area contributed by atoms with E-state index in [9.17, 15) is 22.8 Å². The third-order valence-electron chi connectivity index (χ3n) is 5.45. The first-order chi connectivity index (χ1) is 15.7. The quantitative estimate of drug-likeness (QED) is 0.531. The Morgan fingerprint density at radius 2 is 1.64 bits per heavy atom. The lowest BCUT2D eigenvalue weighted by Crippen LogP contribution is -2.31. The van der Waals surface area contributed by atoms with Crippen LogP contribution in [0.3, 0.4) is 0 Å². The summed E-state index contributed by atoms with van der Waals surface area (Å²) in [6.45, 7) is 4.26. The molecule has 176 valence electrons. The van der Waals surface area contributed by atoms with Gasteiger partial charge in [0.05, 0.1) is 28.8 Å². The number of ether oxygens (including phenoxy) is 1. The summed E-state index contributed by atoms with van der Waals surface area (Å²) < 4.78 is 32.2. The molecule has 0 spiro atoms. The van der Waals surface area contributed by atoms with E-state index in [-0.39, 0.29) is 47.7 Å². The molecule has 9 nitrogen and oxygen atoms in total. The average Bonchev–Trinajstić information content (AvgIpc) is 3.04. The van der Waals surface area contributed by atoms with E-state index in [1.807, 2.05) is 0 Å². The molecule has 1 aliphatic rings. The number of carbonyl (C=O) groups is 3. The maximum Gasteiger partial charge on any atom is 0.261 e. The van der Waals surface area contributed by atoms with Crippen LogP contribution < -0.4 is 10.1 Å². The first-order valence-electron chi connectivity index (χ1n) is 10.7. The van der Waals surface area contributed by atoms with Crippen molar-refractivity contribution < 1.29 is 27.5 Å². The van der Waals surface area contributed by atoms with Crippen molar-refractivity contribution in [1.29, 1.82) is 0 Å². The standard InChI is InChI=1S/C23H27N3O6S/c1-4-25(5-2)33(30,31)16-12-13-20(32-3)19(15-16)24-21(27)11-8-14-26-22(28)17-9-6-7-10-18(17)23(26)29/h6-7,9-10,12-13,15H,4-5,8,11,14H2,1-3H3,(H,24,27). The molecule has 0 fully saturated rings. The molecule has 2 aromatic rings. The second-order valence-electron chi connectivity index (χ2n) is 7.41. The highest BCUT2D eigenvalue weighted by atomic mass is 32.2. The summed E-state index contributed by atoms with van der Waals surface area (Å²) in [6, 6.07) is 10.9. The second kappa shape index (κ2) is 10.1. The molecule has 33 heavy (non-hydrogen) atoms. The van der Waals surface area contributed by atoms with Crippen molar-refractivity contribution in [3.8, 4) is 5.75 Å². The Morgan fingerprint density at radius 3 is 2.18 bits per heavy atom. The summed E-state index contributed by atoms with van der Waals surface area (Å²) in [7, 11) is -2.28. The third kappa shape index (κ3) is 4.91. The van der Waals surface area contributed by atoms with Crippen molar-refractivity contribution >= 4 is 33.4 Å². The van der Waals surface area contributed by atoms with Crippen LogP contribution in [0.1, 0.15) is 47.4 Å². The number of nitrogens with zero attached hydrogens (tertiary/aromatic N) is 2. The molecule has 0 saturated heterocycles. The Bertz CT molecular complexity index is 1140. The van der Waals surface area contributed by atoms with E-state index in [4.69, 9.17) is 4.74 Å². The fraction of sp³-hybridized carbons (Fsp3) is 0.348. The lowest BCUT2D eigenvalue weighted by Gasteiger charge is -2.19. The Morgan fingerprint density at radius 1 is 1.03 bits per heavy atom. The number of imide groups is 1. The molecule has 0 radical (unpaired) electrons. The number of rotatable bonds is 10. The number of fused-ring (bicyclic) bond motifs is 1. The molecule has 0 atom stereocenters. The molecule has 10 heteroatoms. The zero-order valence-corrected chi connectivity index (χ0v) is 19.6. The normalized spacial score (nSPS) is 13.4. The largest absolute Gasteiger partial charge is 0.495 e. The highest BCUT2D eigenvalue weighted by Gasteiger charge is 2.34. The summed E-state index contributed by atoms with van der Waals surface area (Å²) >= 11 is 0. The minimum atomic E-state index is -3.71. The van der Waals surface area contributed by atoms with Crippen LogP contribution >= 0.6 is 0 Å². The Labute approximate surface area is 193 Å². The lowest BCUT2D eigenvalue weighted by atomic mass is 10.1. The van der Waals surface area contributed by atoms with Gasteiger partial charge in [-0.15, -0.1) is 0 Å². The molecular formula is C23H27N3O6S. The number of sulfonamides is 1. The zero-order chi connectivity index (χ0) is 24.2. The van der Waals surface area contributed by atoms with Crippen LogP contribution in [-0.2, 0) is 14.8 Å². The molecule has 0 aromatic heterocycles. The van der Waals surface area contributed by atoms with Gasteiger partial charge in [-0.1, -0.05) is 26.0 Å². The Kier molecular flexibility index (Phi) is 7.50. The van der Waals surface area contributed by atoms with Gasteiger partial charge in [-0.3, -0.25) is 19.3 Å². The van der Waals surface area contributed by atoms with Crippen LogP contribution in [0.2, 0.25) is 0 Å². The van der Waals surface area contributed by atoms with Crippen LogP contribution in [0.15, 0.2) is 47.4 Å². The number of carbonyl (C=O) groups excluding carboxylic acids is 3. The molecule has 1 N–H and O–H groups in total. The lowest BCUT2D eigenvalue weighted by molar-refractivity contribution is -0.116. The molecular weight excluding hydrogens is 446 g/mol. The number of anilines is 1. The second-order valence-corrected chi connectivity index (χ2v) is 9.35. The van der Waals surface area contributed by atoms with Crippen molar-refractivity contribution in [3.63, 3.8) is 0 Å². The Balaban J connectivity index is 1.66. The van der Waals surface area contributed by atoms with Gasteiger partial charge in [0.15, 0.2) is 0 Å². The van der Waals surface area contributed by atoms with Gasteiger partial charge in [-0.2, -0.15) is 4.31 Å². The van der Waals surface area contributed by atoms with Crippen LogP contribution in [-0.4, -0.2) is 62.1 Å². The average molecular weight is 474 g/mol. The molecule has 0 aliphatic carbocycles. The van der Waals surface area contributed by atoms with E-state index < -0.39 is 10.0 Å². The van der Waals surface area contributed by atoms with Crippen molar-refractivity contribution in [2.45, 2.75) is 31.6 Å². The number of hydrogen-bond acceptors (Lipinski definition) is 6. The first-order valence-corrected chi connectivity index (χ1v) is 12.1. The van der Waals surface area contributed by atoms with Gasteiger partial charge in [-0.25, -0.2) is 8.42 Å². The van der Waals surface area contributed by atoms with E-state index >= 15 is 0 Å². The molecule has 0 saturated carbocycles. The van der Waals surface area contributed by atoms with Crippen molar-refractivity contribution in [2.24, 2.45) is 0 Å².